The van der Waals surface area contributed by atoms with Crippen LogP contribution >= 0.6 is 0 Å². The Kier molecular flexibility index (Phi) is 6.66. The molecule has 1 saturated carbocycles. The van der Waals surface area contributed by atoms with Gasteiger partial charge in [-0.3, -0.25) is 0 Å². The Morgan fingerprint density at radius 3 is 2.47 bits per heavy atom. The number of rotatable bonds is 7. The number of benzene rings is 2. The van der Waals surface area contributed by atoms with Crippen LogP contribution in [0, 0.1) is 23.1 Å². The van der Waals surface area contributed by atoms with Crippen LogP contribution in [0.25, 0.3) is 22.4 Å². The Hall–Kier alpha value is -3.83. The largest absolute Gasteiger partial charge is 0.504 e. The van der Waals surface area contributed by atoms with Crippen molar-refractivity contribution >= 4 is 5.82 Å². The summed E-state index contributed by atoms with van der Waals surface area (Å²) >= 11 is 0. The lowest BCUT2D eigenvalue weighted by Crippen LogP contribution is -2.40. The van der Waals surface area contributed by atoms with E-state index in [0.717, 1.165) is 44.6 Å². The summed E-state index contributed by atoms with van der Waals surface area (Å²) in [5, 5.41) is 19.7. The number of ether oxygens (including phenoxy) is 2. The number of halogens is 1. The van der Waals surface area contributed by atoms with Gasteiger partial charge in [-0.25, -0.2) is 9.37 Å². The zero-order valence-corrected chi connectivity index (χ0v) is 20.2. The molecule has 3 N–H and O–H groups in total. The molecule has 0 amide bonds. The Bertz CT molecular complexity index is 1310. The van der Waals surface area contributed by atoms with Crippen molar-refractivity contribution in [2.75, 3.05) is 31.7 Å². The van der Waals surface area contributed by atoms with Gasteiger partial charge in [-0.05, 0) is 61.4 Å². The molecule has 0 unspecified atom stereocenters. The number of aromatic nitrogens is 1. The summed E-state index contributed by atoms with van der Waals surface area (Å²) in [6.07, 6.45) is 3.98. The van der Waals surface area contributed by atoms with E-state index in [0.29, 0.717) is 46.4 Å². The van der Waals surface area contributed by atoms with Crippen molar-refractivity contribution in [3.8, 4) is 45.7 Å². The number of aromatic hydroxyl groups is 1. The van der Waals surface area contributed by atoms with Gasteiger partial charge in [0.2, 0.25) is 0 Å². The van der Waals surface area contributed by atoms with Crippen LogP contribution in [0.4, 0.5) is 10.2 Å². The molecule has 1 saturated heterocycles. The number of nitriles is 1. The first-order valence-electron chi connectivity index (χ1n) is 12.2. The number of anilines is 1. The molecule has 0 atom stereocenters. The lowest BCUT2D eigenvalue weighted by atomic mass is 9.96. The summed E-state index contributed by atoms with van der Waals surface area (Å²) in [6.45, 7) is 2.10. The fraction of sp³-hybridized carbons (Fsp3) is 0.357. The number of nitrogens with two attached hydrogens (primary N) is 1. The van der Waals surface area contributed by atoms with Crippen molar-refractivity contribution in [2.24, 2.45) is 11.7 Å². The highest BCUT2D eigenvalue weighted by atomic mass is 19.1. The third kappa shape index (κ3) is 4.93. The van der Waals surface area contributed by atoms with Crippen LogP contribution in [0.2, 0.25) is 0 Å². The third-order valence-electron chi connectivity index (χ3n) is 6.84. The molecule has 0 radical (unpaired) electrons. The number of nitrogens with zero attached hydrogens (tertiary/aromatic N) is 3. The smallest absolute Gasteiger partial charge is 0.160 e. The van der Waals surface area contributed by atoms with E-state index in [-0.39, 0.29) is 17.4 Å². The van der Waals surface area contributed by atoms with Crippen LogP contribution in [0.15, 0.2) is 42.5 Å². The van der Waals surface area contributed by atoms with E-state index in [9.17, 15) is 14.8 Å². The number of piperidine rings is 1. The maximum absolute atomic E-state index is 14.7. The summed E-state index contributed by atoms with van der Waals surface area (Å²) in [4.78, 5) is 7.16. The maximum Gasteiger partial charge on any atom is 0.160 e. The highest BCUT2D eigenvalue weighted by Crippen LogP contribution is 2.44. The lowest BCUT2D eigenvalue weighted by molar-refractivity contribution is 0.301. The van der Waals surface area contributed by atoms with Gasteiger partial charge in [-0.2, -0.15) is 5.26 Å². The molecule has 3 aromatic rings. The Balaban J connectivity index is 1.70. The number of pyridine rings is 1. The Morgan fingerprint density at radius 1 is 1.08 bits per heavy atom. The standard InChI is InChI=1S/C28H29FN4O3/c1-35-24-7-6-18(13-23(24)34)27-25(36-16-17-2-3-17)14-26(33-10-8-21(31)9-11-33)32-28(27)19-4-5-20(15-30)22(29)12-19/h4-7,12-14,17,21,34H,2-3,8-11,16,31H2,1H3. The van der Waals surface area contributed by atoms with Crippen LogP contribution in [0.1, 0.15) is 31.2 Å². The molecule has 186 valence electrons. The minimum atomic E-state index is -0.616. The predicted molar refractivity (Wildman–Crippen MR) is 136 cm³/mol. The minimum Gasteiger partial charge on any atom is -0.504 e. The van der Waals surface area contributed by atoms with Gasteiger partial charge in [-0.1, -0.05) is 12.1 Å². The third-order valence-corrected chi connectivity index (χ3v) is 6.84. The quantitative estimate of drug-likeness (QED) is 0.489. The summed E-state index contributed by atoms with van der Waals surface area (Å²) in [5.74, 6) is 1.58. The van der Waals surface area contributed by atoms with E-state index in [4.69, 9.17) is 20.2 Å². The molecule has 2 fully saturated rings. The molecular weight excluding hydrogens is 459 g/mol. The predicted octanol–water partition coefficient (Wildman–Crippen LogP) is 4.86. The van der Waals surface area contributed by atoms with Crippen LogP contribution in [-0.2, 0) is 0 Å². The van der Waals surface area contributed by atoms with Gasteiger partial charge in [0.1, 0.15) is 23.5 Å². The Morgan fingerprint density at radius 2 is 1.83 bits per heavy atom. The highest BCUT2D eigenvalue weighted by Gasteiger charge is 2.26. The van der Waals surface area contributed by atoms with E-state index in [1.54, 1.807) is 18.2 Å². The molecule has 7 nitrogen and oxygen atoms in total. The van der Waals surface area contributed by atoms with E-state index in [1.807, 2.05) is 18.2 Å². The zero-order chi connectivity index (χ0) is 25.2. The van der Waals surface area contributed by atoms with Crippen LogP contribution in [0.3, 0.4) is 0 Å². The van der Waals surface area contributed by atoms with Gasteiger partial charge >= 0.3 is 0 Å². The first-order chi connectivity index (χ1) is 17.5. The Labute approximate surface area is 209 Å². The number of hydrogen-bond donors (Lipinski definition) is 2. The number of hydrogen-bond acceptors (Lipinski definition) is 7. The minimum absolute atomic E-state index is 0.0193. The van der Waals surface area contributed by atoms with Gasteiger partial charge in [0, 0.05) is 30.8 Å². The average Bonchev–Trinajstić information content (AvgIpc) is 3.72. The molecule has 1 aliphatic heterocycles. The van der Waals surface area contributed by atoms with E-state index in [1.165, 1.54) is 19.2 Å². The highest BCUT2D eigenvalue weighted by molar-refractivity contribution is 5.87. The van der Waals surface area contributed by atoms with Gasteiger partial charge in [0.05, 0.1) is 30.5 Å². The molecular formula is C28H29FN4O3. The fourth-order valence-corrected chi connectivity index (χ4v) is 4.49. The molecule has 36 heavy (non-hydrogen) atoms. The van der Waals surface area contributed by atoms with Crippen molar-refractivity contribution in [2.45, 2.75) is 31.7 Å². The lowest BCUT2D eigenvalue weighted by Gasteiger charge is -2.32. The van der Waals surface area contributed by atoms with Crippen molar-refractivity contribution in [1.29, 1.82) is 5.26 Å². The molecule has 2 heterocycles. The number of phenols is 1. The number of methoxy groups -OCH3 is 1. The van der Waals surface area contributed by atoms with Crippen LogP contribution < -0.4 is 20.1 Å². The van der Waals surface area contributed by atoms with E-state index in [2.05, 4.69) is 4.90 Å². The summed E-state index contributed by atoms with van der Waals surface area (Å²) in [5.41, 5.74) is 8.43. The molecule has 2 aromatic carbocycles. The first-order valence-corrected chi connectivity index (χ1v) is 12.2. The maximum atomic E-state index is 14.7. The van der Waals surface area contributed by atoms with E-state index < -0.39 is 5.82 Å². The second-order valence-corrected chi connectivity index (χ2v) is 9.47. The van der Waals surface area contributed by atoms with Crippen LogP contribution in [0.5, 0.6) is 17.2 Å². The van der Waals surface area contributed by atoms with Crippen molar-refractivity contribution in [1.82, 2.24) is 4.98 Å². The van der Waals surface area contributed by atoms with E-state index >= 15 is 0 Å². The fourth-order valence-electron chi connectivity index (χ4n) is 4.49. The number of phenolic OH excluding ortho intramolecular Hbond substituents is 1. The van der Waals surface area contributed by atoms with Crippen molar-refractivity contribution < 1.29 is 19.0 Å². The van der Waals surface area contributed by atoms with Gasteiger partial charge < -0.3 is 25.2 Å². The van der Waals surface area contributed by atoms with Crippen molar-refractivity contribution in [3.05, 3.63) is 53.8 Å². The van der Waals surface area contributed by atoms with Crippen LogP contribution in [-0.4, -0.2) is 42.9 Å². The molecule has 1 aromatic heterocycles. The molecule has 5 rings (SSSR count). The van der Waals surface area contributed by atoms with Gasteiger partial charge in [-0.15, -0.1) is 0 Å². The zero-order valence-electron chi connectivity index (χ0n) is 20.2. The first kappa shape index (κ1) is 23.9. The molecule has 8 heteroatoms. The van der Waals surface area contributed by atoms with Gasteiger partial charge in [0.25, 0.3) is 0 Å². The average molecular weight is 489 g/mol. The SMILES string of the molecule is COc1ccc(-c2c(OCC3CC3)cc(N3CCC(N)CC3)nc2-c2ccc(C#N)c(F)c2)cc1O. The summed E-state index contributed by atoms with van der Waals surface area (Å²) in [7, 11) is 1.49. The summed E-state index contributed by atoms with van der Waals surface area (Å²) < 4.78 is 26.3. The molecule has 1 aliphatic carbocycles. The second-order valence-electron chi connectivity index (χ2n) is 9.47. The van der Waals surface area contributed by atoms with Gasteiger partial charge in [0.15, 0.2) is 11.5 Å². The van der Waals surface area contributed by atoms with Crippen molar-refractivity contribution in [3.63, 3.8) is 0 Å². The molecule has 0 bridgehead atoms. The topological polar surface area (TPSA) is 105 Å². The monoisotopic (exact) mass is 488 g/mol. The normalized spacial score (nSPS) is 16.0. The second kappa shape index (κ2) is 10.0. The molecule has 2 aliphatic rings. The molecule has 0 spiro atoms. The summed E-state index contributed by atoms with van der Waals surface area (Å²) in [6, 6.07) is 13.5.